The summed E-state index contributed by atoms with van der Waals surface area (Å²) >= 11 is 1.51. The summed E-state index contributed by atoms with van der Waals surface area (Å²) in [7, 11) is 3.19. The van der Waals surface area contributed by atoms with E-state index in [-0.39, 0.29) is 18.6 Å². The third kappa shape index (κ3) is 5.40. The molecule has 3 rings (SSSR count). The average Bonchev–Trinajstić information content (AvgIpc) is 3.27. The minimum Gasteiger partial charge on any atom is -0.493 e. The van der Waals surface area contributed by atoms with Crippen molar-refractivity contribution in [3.8, 4) is 17.2 Å². The zero-order valence-electron chi connectivity index (χ0n) is 19.3. The highest BCUT2D eigenvalue weighted by Gasteiger charge is 2.23. The fourth-order valence-corrected chi connectivity index (χ4v) is 4.07. The van der Waals surface area contributed by atoms with E-state index < -0.39 is 0 Å². The van der Waals surface area contributed by atoms with E-state index in [1.54, 1.807) is 14.2 Å². The maximum absolute atomic E-state index is 13.3. The number of hydrogen-bond acceptors (Lipinski definition) is 6. The molecular weight excluding hydrogens is 424 g/mol. The second-order valence-electron chi connectivity index (χ2n) is 7.52. The lowest BCUT2D eigenvalue weighted by atomic mass is 10.1. The highest BCUT2D eigenvalue weighted by Crippen LogP contribution is 2.37. The Morgan fingerprint density at radius 3 is 2.41 bits per heavy atom. The molecule has 0 saturated heterocycles. The van der Waals surface area contributed by atoms with Crippen LogP contribution < -0.4 is 14.2 Å². The SMILES string of the molecule is CCC(C)N(Cc1csc(COc2c(OC)cccc2OC)n1)C(=O)c1ccccc1C. The fourth-order valence-electron chi connectivity index (χ4n) is 3.37. The second kappa shape index (κ2) is 11.0. The van der Waals surface area contributed by atoms with Crippen molar-refractivity contribution in [3.05, 3.63) is 69.7 Å². The number of methoxy groups -OCH3 is 2. The fraction of sp³-hybridized carbons (Fsp3) is 0.360. The Labute approximate surface area is 193 Å². The molecule has 0 fully saturated rings. The maximum Gasteiger partial charge on any atom is 0.254 e. The van der Waals surface area contributed by atoms with E-state index in [2.05, 4.69) is 13.8 Å². The predicted octanol–water partition coefficient (Wildman–Crippen LogP) is 5.49. The molecule has 0 spiro atoms. The van der Waals surface area contributed by atoms with Crippen molar-refractivity contribution in [1.29, 1.82) is 0 Å². The largest absolute Gasteiger partial charge is 0.493 e. The molecule has 3 aromatic rings. The first-order chi connectivity index (χ1) is 15.5. The van der Waals surface area contributed by atoms with E-state index in [1.165, 1.54) is 11.3 Å². The summed E-state index contributed by atoms with van der Waals surface area (Å²) in [5.41, 5.74) is 2.56. The van der Waals surface area contributed by atoms with Gasteiger partial charge in [0.25, 0.3) is 5.91 Å². The molecule has 170 valence electrons. The summed E-state index contributed by atoms with van der Waals surface area (Å²) in [6, 6.07) is 13.3. The number of carbonyl (C=O) groups excluding carboxylic acids is 1. The summed E-state index contributed by atoms with van der Waals surface area (Å²) < 4.78 is 16.7. The van der Waals surface area contributed by atoms with E-state index in [9.17, 15) is 4.79 Å². The topological polar surface area (TPSA) is 60.9 Å². The molecule has 32 heavy (non-hydrogen) atoms. The summed E-state index contributed by atoms with van der Waals surface area (Å²) in [5, 5.41) is 2.80. The zero-order chi connectivity index (χ0) is 23.1. The lowest BCUT2D eigenvalue weighted by Crippen LogP contribution is -2.38. The molecule has 0 radical (unpaired) electrons. The average molecular weight is 455 g/mol. The number of carbonyl (C=O) groups is 1. The molecule has 1 amide bonds. The van der Waals surface area contributed by atoms with Gasteiger partial charge in [0, 0.05) is 17.0 Å². The minimum atomic E-state index is 0.0296. The van der Waals surface area contributed by atoms with Gasteiger partial charge in [-0.25, -0.2) is 4.98 Å². The van der Waals surface area contributed by atoms with Crippen molar-refractivity contribution in [2.75, 3.05) is 14.2 Å². The summed E-state index contributed by atoms with van der Waals surface area (Å²) in [4.78, 5) is 19.9. The van der Waals surface area contributed by atoms with Gasteiger partial charge in [0.15, 0.2) is 11.5 Å². The number of amides is 1. The van der Waals surface area contributed by atoms with Crippen LogP contribution in [0.25, 0.3) is 0 Å². The second-order valence-corrected chi connectivity index (χ2v) is 8.46. The predicted molar refractivity (Wildman–Crippen MR) is 127 cm³/mol. The van der Waals surface area contributed by atoms with Gasteiger partial charge in [-0.15, -0.1) is 11.3 Å². The Bertz CT molecular complexity index is 1030. The van der Waals surface area contributed by atoms with Crippen molar-refractivity contribution in [3.63, 3.8) is 0 Å². The van der Waals surface area contributed by atoms with Crippen LogP contribution in [0, 0.1) is 6.92 Å². The molecule has 0 N–H and O–H groups in total. The van der Waals surface area contributed by atoms with Gasteiger partial charge in [0.05, 0.1) is 26.5 Å². The van der Waals surface area contributed by atoms with Crippen LogP contribution in [-0.2, 0) is 13.2 Å². The van der Waals surface area contributed by atoms with E-state index in [1.807, 2.05) is 59.7 Å². The van der Waals surface area contributed by atoms with Crippen LogP contribution in [0.4, 0.5) is 0 Å². The van der Waals surface area contributed by atoms with E-state index in [4.69, 9.17) is 19.2 Å². The summed E-state index contributed by atoms with van der Waals surface area (Å²) in [6.45, 7) is 6.86. The smallest absolute Gasteiger partial charge is 0.254 e. The van der Waals surface area contributed by atoms with Gasteiger partial charge in [0.2, 0.25) is 5.75 Å². The number of benzene rings is 2. The molecule has 0 aliphatic carbocycles. The van der Waals surface area contributed by atoms with Gasteiger partial charge < -0.3 is 19.1 Å². The molecule has 0 aliphatic rings. The number of rotatable bonds is 10. The van der Waals surface area contributed by atoms with Crippen LogP contribution in [0.2, 0.25) is 0 Å². The third-order valence-electron chi connectivity index (χ3n) is 5.41. The highest BCUT2D eigenvalue weighted by atomic mass is 32.1. The maximum atomic E-state index is 13.3. The van der Waals surface area contributed by atoms with Crippen LogP contribution in [0.15, 0.2) is 47.8 Å². The van der Waals surface area contributed by atoms with Crippen LogP contribution in [0.1, 0.15) is 46.9 Å². The van der Waals surface area contributed by atoms with Gasteiger partial charge in [-0.1, -0.05) is 31.2 Å². The van der Waals surface area contributed by atoms with Gasteiger partial charge in [-0.3, -0.25) is 4.79 Å². The molecular formula is C25H30N2O4S. The Kier molecular flexibility index (Phi) is 8.11. The molecule has 1 atom stereocenters. The molecule has 2 aromatic carbocycles. The lowest BCUT2D eigenvalue weighted by Gasteiger charge is -2.28. The van der Waals surface area contributed by atoms with E-state index >= 15 is 0 Å². The lowest BCUT2D eigenvalue weighted by molar-refractivity contribution is 0.0668. The number of nitrogens with zero attached hydrogens (tertiary/aromatic N) is 2. The molecule has 6 nitrogen and oxygen atoms in total. The first-order valence-corrected chi connectivity index (χ1v) is 11.5. The number of hydrogen-bond donors (Lipinski definition) is 0. The van der Waals surface area contributed by atoms with Crippen molar-refractivity contribution in [2.45, 2.75) is 46.4 Å². The van der Waals surface area contributed by atoms with E-state index in [0.717, 1.165) is 28.2 Å². The van der Waals surface area contributed by atoms with Crippen LogP contribution in [0.5, 0.6) is 17.2 Å². The molecule has 1 unspecified atom stereocenters. The summed E-state index contributed by atoms with van der Waals surface area (Å²) in [6.07, 6.45) is 0.866. The third-order valence-corrected chi connectivity index (χ3v) is 6.28. The van der Waals surface area contributed by atoms with Crippen molar-refractivity contribution in [1.82, 2.24) is 9.88 Å². The van der Waals surface area contributed by atoms with Crippen LogP contribution in [0.3, 0.4) is 0 Å². The van der Waals surface area contributed by atoms with E-state index in [0.29, 0.717) is 23.8 Å². The monoisotopic (exact) mass is 454 g/mol. The van der Waals surface area contributed by atoms with Gasteiger partial charge in [0.1, 0.15) is 11.6 Å². The molecule has 1 aromatic heterocycles. The Balaban J connectivity index is 1.74. The Morgan fingerprint density at radius 2 is 1.78 bits per heavy atom. The molecule has 0 saturated carbocycles. The number of aromatic nitrogens is 1. The number of para-hydroxylation sites is 1. The number of ether oxygens (including phenoxy) is 3. The van der Waals surface area contributed by atoms with Crippen molar-refractivity contribution >= 4 is 17.2 Å². The molecule has 0 bridgehead atoms. The van der Waals surface area contributed by atoms with Crippen molar-refractivity contribution in [2.24, 2.45) is 0 Å². The normalized spacial score (nSPS) is 11.7. The Hall–Kier alpha value is -3.06. The standard InChI is InChI=1S/C25H30N2O4S/c1-6-18(3)27(25(28)20-11-8-7-10-17(20)2)14-19-16-32-23(26-19)15-31-24-21(29-4)12-9-13-22(24)30-5/h7-13,16,18H,6,14-15H2,1-5H3. The number of thiazole rings is 1. The summed E-state index contributed by atoms with van der Waals surface area (Å²) in [5.74, 6) is 1.79. The Morgan fingerprint density at radius 1 is 1.09 bits per heavy atom. The van der Waals surface area contributed by atoms with Gasteiger partial charge in [-0.2, -0.15) is 0 Å². The first kappa shape index (κ1) is 23.6. The van der Waals surface area contributed by atoms with Crippen LogP contribution >= 0.6 is 11.3 Å². The number of aryl methyl sites for hydroxylation is 1. The van der Waals surface area contributed by atoms with Gasteiger partial charge >= 0.3 is 0 Å². The highest BCUT2D eigenvalue weighted by molar-refractivity contribution is 7.09. The molecule has 7 heteroatoms. The quantitative estimate of drug-likeness (QED) is 0.405. The van der Waals surface area contributed by atoms with Gasteiger partial charge in [-0.05, 0) is 44.0 Å². The van der Waals surface area contributed by atoms with Crippen molar-refractivity contribution < 1.29 is 19.0 Å². The first-order valence-electron chi connectivity index (χ1n) is 10.6. The molecule has 1 heterocycles. The molecule has 0 aliphatic heterocycles. The minimum absolute atomic E-state index is 0.0296. The zero-order valence-corrected chi connectivity index (χ0v) is 20.1. The van der Waals surface area contributed by atoms with Crippen LogP contribution in [-0.4, -0.2) is 36.1 Å².